The number of hydrogen-bond donors (Lipinski definition) is 0. The maximum absolute atomic E-state index is 14.1. The van der Waals surface area contributed by atoms with Crippen LogP contribution in [-0.2, 0) is 6.42 Å². The first-order valence-corrected chi connectivity index (χ1v) is 6.43. The molecule has 0 radical (unpaired) electrons. The summed E-state index contributed by atoms with van der Waals surface area (Å²) in [7, 11) is 0. The molecular formula is C17H17FO. The second-order valence-corrected chi connectivity index (χ2v) is 4.75. The minimum atomic E-state index is -0.351. The van der Waals surface area contributed by atoms with E-state index >= 15 is 0 Å². The maximum Gasteiger partial charge on any atom is 0.159 e. The van der Waals surface area contributed by atoms with Crippen molar-refractivity contribution in [3.05, 3.63) is 58.9 Å². The van der Waals surface area contributed by atoms with Crippen LogP contribution in [0.4, 0.5) is 4.39 Å². The van der Waals surface area contributed by atoms with Crippen LogP contribution >= 0.6 is 0 Å². The van der Waals surface area contributed by atoms with Crippen LogP contribution in [-0.4, -0.2) is 5.78 Å². The van der Waals surface area contributed by atoms with E-state index in [1.54, 1.807) is 12.1 Å². The maximum atomic E-state index is 14.1. The standard InChI is InChI=1S/C17H17FO/c1-4-13-5-6-15(9-11(13)2)16-8-7-14(12(3)19)10-17(16)18/h5-10H,4H2,1-3H3. The molecule has 0 aliphatic rings. The van der Waals surface area contributed by atoms with Gasteiger partial charge in [0.2, 0.25) is 0 Å². The van der Waals surface area contributed by atoms with E-state index in [2.05, 4.69) is 6.92 Å². The molecule has 0 aromatic heterocycles. The topological polar surface area (TPSA) is 17.1 Å². The van der Waals surface area contributed by atoms with E-state index in [1.165, 1.54) is 18.6 Å². The highest BCUT2D eigenvalue weighted by atomic mass is 19.1. The molecule has 0 aliphatic heterocycles. The highest BCUT2D eigenvalue weighted by Crippen LogP contribution is 2.26. The number of carbonyl (C=O) groups is 1. The Bertz CT molecular complexity index is 629. The minimum Gasteiger partial charge on any atom is -0.295 e. The van der Waals surface area contributed by atoms with Gasteiger partial charge in [-0.25, -0.2) is 4.39 Å². The van der Waals surface area contributed by atoms with Gasteiger partial charge in [0, 0.05) is 11.1 Å². The zero-order chi connectivity index (χ0) is 14.0. The van der Waals surface area contributed by atoms with Crippen LogP contribution in [0.1, 0.15) is 35.3 Å². The Hall–Kier alpha value is -1.96. The number of rotatable bonds is 3. The Morgan fingerprint density at radius 1 is 1.16 bits per heavy atom. The van der Waals surface area contributed by atoms with Gasteiger partial charge in [0.15, 0.2) is 5.78 Å². The fourth-order valence-electron chi connectivity index (χ4n) is 2.23. The molecule has 98 valence electrons. The van der Waals surface area contributed by atoms with Crippen molar-refractivity contribution in [2.24, 2.45) is 0 Å². The van der Waals surface area contributed by atoms with Gasteiger partial charge >= 0.3 is 0 Å². The fourth-order valence-corrected chi connectivity index (χ4v) is 2.23. The predicted molar refractivity (Wildman–Crippen MR) is 76.0 cm³/mol. The van der Waals surface area contributed by atoms with E-state index in [9.17, 15) is 9.18 Å². The summed E-state index contributed by atoms with van der Waals surface area (Å²) >= 11 is 0. The lowest BCUT2D eigenvalue weighted by Crippen LogP contribution is -1.95. The summed E-state index contributed by atoms with van der Waals surface area (Å²) < 4.78 is 14.1. The zero-order valence-corrected chi connectivity index (χ0v) is 11.5. The van der Waals surface area contributed by atoms with E-state index in [-0.39, 0.29) is 11.6 Å². The number of ketones is 1. The van der Waals surface area contributed by atoms with Gasteiger partial charge in [-0.3, -0.25) is 4.79 Å². The van der Waals surface area contributed by atoms with Gasteiger partial charge in [-0.1, -0.05) is 37.3 Å². The molecule has 0 unspecified atom stereocenters. The smallest absolute Gasteiger partial charge is 0.159 e. The zero-order valence-electron chi connectivity index (χ0n) is 11.5. The predicted octanol–water partition coefficient (Wildman–Crippen LogP) is 4.57. The lowest BCUT2D eigenvalue weighted by Gasteiger charge is -2.09. The molecule has 0 fully saturated rings. The molecule has 2 heteroatoms. The Morgan fingerprint density at radius 3 is 2.42 bits per heavy atom. The Balaban J connectivity index is 2.47. The Morgan fingerprint density at radius 2 is 1.89 bits per heavy atom. The summed E-state index contributed by atoms with van der Waals surface area (Å²) in [4.78, 5) is 11.2. The molecular weight excluding hydrogens is 239 g/mol. The van der Waals surface area contributed by atoms with Gasteiger partial charge < -0.3 is 0 Å². The first-order valence-electron chi connectivity index (χ1n) is 6.43. The highest BCUT2D eigenvalue weighted by Gasteiger charge is 2.09. The fraction of sp³-hybridized carbons (Fsp3) is 0.235. The summed E-state index contributed by atoms with van der Waals surface area (Å²) in [5.41, 5.74) is 4.22. The van der Waals surface area contributed by atoms with Crippen molar-refractivity contribution in [3.8, 4) is 11.1 Å². The Labute approximate surface area is 113 Å². The first kappa shape index (κ1) is 13.5. The third-order valence-electron chi connectivity index (χ3n) is 3.41. The van der Waals surface area contributed by atoms with Crippen molar-refractivity contribution in [1.82, 2.24) is 0 Å². The molecule has 0 saturated carbocycles. The number of halogens is 1. The number of carbonyl (C=O) groups excluding carboxylic acids is 1. The van der Waals surface area contributed by atoms with Crippen molar-refractivity contribution in [2.45, 2.75) is 27.2 Å². The van der Waals surface area contributed by atoms with Gasteiger partial charge in [-0.2, -0.15) is 0 Å². The van der Waals surface area contributed by atoms with Crippen LogP contribution in [0.3, 0.4) is 0 Å². The van der Waals surface area contributed by atoms with Gasteiger partial charge in [-0.05, 0) is 43.0 Å². The van der Waals surface area contributed by atoms with Crippen molar-refractivity contribution in [2.75, 3.05) is 0 Å². The van der Waals surface area contributed by atoms with Gasteiger partial charge in [0.05, 0.1) is 0 Å². The van der Waals surface area contributed by atoms with Crippen molar-refractivity contribution in [3.63, 3.8) is 0 Å². The molecule has 1 nitrogen and oxygen atoms in total. The van der Waals surface area contributed by atoms with Crippen LogP contribution in [0.25, 0.3) is 11.1 Å². The van der Waals surface area contributed by atoms with Crippen LogP contribution in [0.15, 0.2) is 36.4 Å². The first-order chi connectivity index (χ1) is 9.02. The van der Waals surface area contributed by atoms with E-state index in [0.717, 1.165) is 17.5 Å². The summed E-state index contributed by atoms with van der Waals surface area (Å²) in [5.74, 6) is -0.473. The third kappa shape index (κ3) is 2.73. The lowest BCUT2D eigenvalue weighted by molar-refractivity contribution is 0.101. The van der Waals surface area contributed by atoms with Gasteiger partial charge in [0.25, 0.3) is 0 Å². The van der Waals surface area contributed by atoms with Crippen molar-refractivity contribution < 1.29 is 9.18 Å². The molecule has 0 N–H and O–H groups in total. The van der Waals surface area contributed by atoms with Crippen LogP contribution < -0.4 is 0 Å². The molecule has 19 heavy (non-hydrogen) atoms. The number of hydrogen-bond acceptors (Lipinski definition) is 1. The molecule has 0 spiro atoms. The van der Waals surface area contributed by atoms with Crippen LogP contribution in [0, 0.1) is 12.7 Å². The van der Waals surface area contributed by atoms with Crippen molar-refractivity contribution in [1.29, 1.82) is 0 Å². The second-order valence-electron chi connectivity index (χ2n) is 4.75. The van der Waals surface area contributed by atoms with Gasteiger partial charge in [-0.15, -0.1) is 0 Å². The number of benzene rings is 2. The highest BCUT2D eigenvalue weighted by molar-refractivity contribution is 5.94. The van der Waals surface area contributed by atoms with Crippen LogP contribution in [0.5, 0.6) is 0 Å². The van der Waals surface area contributed by atoms with E-state index < -0.39 is 0 Å². The average Bonchev–Trinajstić information content (AvgIpc) is 2.38. The average molecular weight is 256 g/mol. The molecule has 2 aromatic carbocycles. The molecule has 2 aromatic rings. The second kappa shape index (κ2) is 5.35. The molecule has 0 heterocycles. The summed E-state index contributed by atoms with van der Waals surface area (Å²) in [5, 5.41) is 0. The van der Waals surface area contributed by atoms with Crippen molar-refractivity contribution >= 4 is 5.78 Å². The summed E-state index contributed by atoms with van der Waals surface area (Å²) in [6.07, 6.45) is 0.970. The van der Waals surface area contributed by atoms with E-state index in [1.807, 2.05) is 25.1 Å². The van der Waals surface area contributed by atoms with Gasteiger partial charge in [0.1, 0.15) is 5.82 Å². The molecule has 0 aliphatic carbocycles. The lowest BCUT2D eigenvalue weighted by atomic mass is 9.97. The molecule has 0 bridgehead atoms. The van der Waals surface area contributed by atoms with E-state index in [4.69, 9.17) is 0 Å². The molecule has 0 amide bonds. The third-order valence-corrected chi connectivity index (χ3v) is 3.41. The molecule has 0 saturated heterocycles. The summed E-state index contributed by atoms with van der Waals surface area (Å²) in [6.45, 7) is 5.57. The SMILES string of the molecule is CCc1ccc(-c2ccc(C(C)=O)cc2F)cc1C. The van der Waals surface area contributed by atoms with E-state index in [0.29, 0.717) is 11.1 Å². The molecule has 0 atom stereocenters. The minimum absolute atomic E-state index is 0.122. The Kier molecular flexibility index (Phi) is 3.79. The largest absolute Gasteiger partial charge is 0.295 e. The number of Topliss-reactive ketones (excluding diaryl/α,β-unsaturated/α-hetero) is 1. The normalized spacial score (nSPS) is 10.5. The molecule has 2 rings (SSSR count). The van der Waals surface area contributed by atoms with Crippen LogP contribution in [0.2, 0.25) is 0 Å². The quantitative estimate of drug-likeness (QED) is 0.735. The number of aryl methyl sites for hydroxylation is 2. The monoisotopic (exact) mass is 256 g/mol. The summed E-state index contributed by atoms with van der Waals surface area (Å²) in [6, 6.07) is 10.6.